The Labute approximate surface area is 116 Å². The van der Waals surface area contributed by atoms with Crippen LogP contribution in [0.15, 0.2) is 37.1 Å². The van der Waals surface area contributed by atoms with Gasteiger partial charge < -0.3 is 5.11 Å². The first-order valence-corrected chi connectivity index (χ1v) is 5.73. The lowest BCUT2D eigenvalue weighted by atomic mass is 10.2. The monoisotopic (exact) mass is 285 g/mol. The average molecular weight is 285 g/mol. The normalized spacial score (nSPS) is 10.7. The molecule has 0 atom stereocenters. The van der Waals surface area contributed by atoms with Crippen molar-refractivity contribution in [2.24, 2.45) is 0 Å². The van der Waals surface area contributed by atoms with Gasteiger partial charge in [0, 0.05) is 18.3 Å². The van der Waals surface area contributed by atoms with Crippen LogP contribution < -0.4 is 0 Å². The Morgan fingerprint density at radius 3 is 2.76 bits per heavy atom. The van der Waals surface area contributed by atoms with Gasteiger partial charge in [-0.2, -0.15) is 0 Å². The van der Waals surface area contributed by atoms with E-state index in [9.17, 15) is 14.9 Å². The van der Waals surface area contributed by atoms with Gasteiger partial charge in [0.2, 0.25) is 0 Å². The van der Waals surface area contributed by atoms with Crippen LogP contribution in [0, 0.1) is 10.1 Å². The lowest BCUT2D eigenvalue weighted by Gasteiger charge is -2.04. The summed E-state index contributed by atoms with van der Waals surface area (Å²) in [6, 6.07) is 4.19. The van der Waals surface area contributed by atoms with Crippen molar-refractivity contribution in [2.45, 2.75) is 0 Å². The van der Waals surface area contributed by atoms with Crippen LogP contribution in [-0.4, -0.2) is 35.5 Å². The Bertz CT molecular complexity index is 873. The summed E-state index contributed by atoms with van der Waals surface area (Å²) in [6.07, 6.45) is 3.86. The van der Waals surface area contributed by atoms with Gasteiger partial charge in [0.05, 0.1) is 15.8 Å². The number of nitrogens with zero attached hydrogens (tertiary/aromatic N) is 5. The summed E-state index contributed by atoms with van der Waals surface area (Å²) < 4.78 is 1.39. The largest absolute Gasteiger partial charge is 0.476 e. The van der Waals surface area contributed by atoms with E-state index in [1.54, 1.807) is 0 Å². The number of carboxylic acid groups (broad SMARTS) is 1. The number of non-ortho nitro benzene ring substituents is 1. The number of hydrogen-bond donors (Lipinski definition) is 1. The molecule has 3 rings (SSSR count). The summed E-state index contributed by atoms with van der Waals surface area (Å²) in [6.45, 7) is 0. The minimum Gasteiger partial charge on any atom is -0.476 e. The second-order valence-electron chi connectivity index (χ2n) is 4.13. The Morgan fingerprint density at radius 2 is 2.10 bits per heavy atom. The fourth-order valence-electron chi connectivity index (χ4n) is 1.90. The lowest BCUT2D eigenvalue weighted by Crippen LogP contribution is -1.99. The first kappa shape index (κ1) is 12.7. The highest BCUT2D eigenvalue weighted by atomic mass is 16.6. The van der Waals surface area contributed by atoms with Crippen molar-refractivity contribution in [3.05, 3.63) is 52.9 Å². The van der Waals surface area contributed by atoms with Gasteiger partial charge in [-0.3, -0.25) is 14.7 Å². The smallest absolute Gasteiger partial charge is 0.356 e. The van der Waals surface area contributed by atoms with E-state index in [1.165, 1.54) is 41.6 Å². The molecule has 0 aliphatic rings. The lowest BCUT2D eigenvalue weighted by molar-refractivity contribution is -0.384. The van der Waals surface area contributed by atoms with Gasteiger partial charge in [-0.15, -0.1) is 0 Å². The molecule has 1 aromatic carbocycles. The highest BCUT2D eigenvalue weighted by Crippen LogP contribution is 2.23. The highest BCUT2D eigenvalue weighted by Gasteiger charge is 2.14. The third-order valence-electron chi connectivity index (χ3n) is 2.85. The van der Waals surface area contributed by atoms with Crippen LogP contribution >= 0.6 is 0 Å². The summed E-state index contributed by atoms with van der Waals surface area (Å²) in [4.78, 5) is 33.0. The van der Waals surface area contributed by atoms with Crippen LogP contribution in [0.2, 0.25) is 0 Å². The van der Waals surface area contributed by atoms with E-state index >= 15 is 0 Å². The van der Waals surface area contributed by atoms with E-state index in [1.807, 2.05) is 0 Å². The van der Waals surface area contributed by atoms with E-state index < -0.39 is 10.9 Å². The fourth-order valence-corrected chi connectivity index (χ4v) is 1.90. The zero-order valence-corrected chi connectivity index (χ0v) is 10.4. The van der Waals surface area contributed by atoms with Crippen LogP contribution in [0.1, 0.15) is 10.5 Å². The molecule has 0 bridgehead atoms. The van der Waals surface area contributed by atoms with Gasteiger partial charge >= 0.3 is 5.97 Å². The molecular formula is C12H7N5O4. The molecule has 1 N–H and O–H groups in total. The summed E-state index contributed by atoms with van der Waals surface area (Å²) in [5, 5.41) is 20.2. The van der Waals surface area contributed by atoms with Gasteiger partial charge in [0.1, 0.15) is 18.5 Å². The number of imidazole rings is 1. The van der Waals surface area contributed by atoms with Gasteiger partial charge in [-0.05, 0) is 6.07 Å². The summed E-state index contributed by atoms with van der Waals surface area (Å²) >= 11 is 0. The maximum absolute atomic E-state index is 10.9. The average Bonchev–Trinajstić information content (AvgIpc) is 2.95. The maximum atomic E-state index is 10.9. The molecule has 0 radical (unpaired) electrons. The van der Waals surface area contributed by atoms with Crippen LogP contribution in [0.25, 0.3) is 16.7 Å². The van der Waals surface area contributed by atoms with Gasteiger partial charge in [-0.25, -0.2) is 19.7 Å². The van der Waals surface area contributed by atoms with Crippen molar-refractivity contribution in [3.8, 4) is 5.82 Å². The molecule has 0 spiro atoms. The van der Waals surface area contributed by atoms with Crippen molar-refractivity contribution in [1.29, 1.82) is 0 Å². The Kier molecular flexibility index (Phi) is 2.79. The van der Waals surface area contributed by atoms with E-state index in [0.29, 0.717) is 16.7 Å². The van der Waals surface area contributed by atoms with Crippen LogP contribution in [0.4, 0.5) is 5.69 Å². The van der Waals surface area contributed by atoms with Crippen molar-refractivity contribution in [1.82, 2.24) is 19.5 Å². The van der Waals surface area contributed by atoms with E-state index in [4.69, 9.17) is 5.11 Å². The molecule has 9 nitrogen and oxygen atoms in total. The molecular weight excluding hydrogens is 278 g/mol. The number of fused-ring (bicyclic) bond motifs is 1. The molecule has 2 aromatic heterocycles. The SMILES string of the molecule is O=C(O)c1cn(-c2ncnc3ccc([N+](=O)[O-])cc23)cn1. The molecule has 9 heteroatoms. The highest BCUT2D eigenvalue weighted by molar-refractivity contribution is 5.88. The van der Waals surface area contributed by atoms with Crippen LogP contribution in [0.5, 0.6) is 0 Å². The van der Waals surface area contributed by atoms with Crippen molar-refractivity contribution in [2.75, 3.05) is 0 Å². The predicted molar refractivity (Wildman–Crippen MR) is 70.3 cm³/mol. The Morgan fingerprint density at radius 1 is 1.29 bits per heavy atom. The van der Waals surface area contributed by atoms with Gasteiger partial charge in [0.15, 0.2) is 5.69 Å². The van der Waals surface area contributed by atoms with Crippen LogP contribution in [-0.2, 0) is 0 Å². The van der Waals surface area contributed by atoms with E-state index in [0.717, 1.165) is 0 Å². The minimum atomic E-state index is -1.17. The number of rotatable bonds is 3. The number of hydrogen-bond acceptors (Lipinski definition) is 6. The van der Waals surface area contributed by atoms with Gasteiger partial charge in [-0.1, -0.05) is 0 Å². The molecule has 0 unspecified atom stereocenters. The zero-order chi connectivity index (χ0) is 15.0. The first-order chi connectivity index (χ1) is 10.1. The predicted octanol–water partition coefficient (Wildman–Crippen LogP) is 1.42. The molecule has 3 aromatic rings. The number of carbonyl (C=O) groups is 1. The number of aromatic carboxylic acids is 1. The summed E-state index contributed by atoms with van der Waals surface area (Å²) in [5.41, 5.74) is 0.264. The fraction of sp³-hybridized carbons (Fsp3) is 0. The minimum absolute atomic E-state index is 0.0999. The first-order valence-electron chi connectivity index (χ1n) is 5.73. The maximum Gasteiger partial charge on any atom is 0.356 e. The summed E-state index contributed by atoms with van der Waals surface area (Å²) in [5.74, 6) is -0.846. The molecule has 0 aliphatic carbocycles. The number of nitro benzene ring substituents is 1. The van der Waals surface area contributed by atoms with Gasteiger partial charge in [0.25, 0.3) is 5.69 Å². The molecule has 0 fully saturated rings. The third kappa shape index (κ3) is 2.16. The Hall–Kier alpha value is -3.36. The standard InChI is InChI=1S/C12H7N5O4/c18-12(19)10-4-16(6-15-10)11-8-3-7(17(20)21)1-2-9(8)13-5-14-11/h1-6H,(H,18,19). The molecule has 0 saturated heterocycles. The number of carboxylic acids is 1. The second kappa shape index (κ2) is 4.63. The van der Waals surface area contributed by atoms with E-state index in [-0.39, 0.29) is 11.4 Å². The quantitative estimate of drug-likeness (QED) is 0.570. The van der Waals surface area contributed by atoms with E-state index in [2.05, 4.69) is 15.0 Å². The molecule has 0 aliphatic heterocycles. The molecule has 0 saturated carbocycles. The topological polar surface area (TPSA) is 124 Å². The Balaban J connectivity index is 2.23. The summed E-state index contributed by atoms with van der Waals surface area (Å²) in [7, 11) is 0. The molecule has 104 valence electrons. The van der Waals surface area contributed by atoms with Crippen molar-refractivity contribution < 1.29 is 14.8 Å². The van der Waals surface area contributed by atoms with Crippen molar-refractivity contribution in [3.63, 3.8) is 0 Å². The van der Waals surface area contributed by atoms with Crippen molar-refractivity contribution >= 4 is 22.6 Å². The zero-order valence-electron chi connectivity index (χ0n) is 10.4. The third-order valence-corrected chi connectivity index (χ3v) is 2.85. The van der Waals surface area contributed by atoms with Crippen LogP contribution in [0.3, 0.4) is 0 Å². The molecule has 0 amide bonds. The molecule has 21 heavy (non-hydrogen) atoms. The number of nitro groups is 1. The molecule has 2 heterocycles. The number of benzene rings is 1. The number of aromatic nitrogens is 4. The second-order valence-corrected chi connectivity index (χ2v) is 4.13.